The molecule has 212 valence electrons. The van der Waals surface area contributed by atoms with Crippen LogP contribution in [0.3, 0.4) is 0 Å². The van der Waals surface area contributed by atoms with Crippen LogP contribution < -0.4 is 14.5 Å². The van der Waals surface area contributed by atoms with Gasteiger partial charge in [-0.15, -0.1) is 0 Å². The third kappa shape index (κ3) is 5.51. The van der Waals surface area contributed by atoms with Crippen LogP contribution in [0.25, 0.3) is 11.0 Å². The number of fused-ring (bicyclic) bond motifs is 1. The summed E-state index contributed by atoms with van der Waals surface area (Å²) in [6, 6.07) is 18.7. The quantitative estimate of drug-likeness (QED) is 0.328. The fourth-order valence-electron chi connectivity index (χ4n) is 5.53. The Kier molecular flexibility index (Phi) is 7.50. The third-order valence-electron chi connectivity index (χ3n) is 8.11. The Morgan fingerprint density at radius 3 is 2.30 bits per heavy atom. The van der Waals surface area contributed by atoms with Gasteiger partial charge in [-0.1, -0.05) is 18.2 Å². The summed E-state index contributed by atoms with van der Waals surface area (Å²) in [7, 11) is 2.48. The standard InChI is InChI=1S/C30H39N7O2S/c1-30(2,26-9-7-8-10-27(26)35(5)40(6,38)39)37-20-15-22-21-31-29(33-28(22)37)32-23-11-13-25(14-12-23)36-18-16-24(17-19-36)34(3)4/h7-15,20-21,24H,16-19H2,1-6H3,(H,31,32,33). The van der Waals surface area contributed by atoms with Crippen LogP contribution in [0.15, 0.2) is 67.0 Å². The van der Waals surface area contributed by atoms with E-state index in [1.165, 1.54) is 29.1 Å². The number of hydrogen-bond acceptors (Lipinski definition) is 7. The lowest BCUT2D eigenvalue weighted by atomic mass is 9.92. The van der Waals surface area contributed by atoms with Crippen LogP contribution in [-0.4, -0.2) is 74.4 Å². The van der Waals surface area contributed by atoms with Crippen molar-refractivity contribution in [3.8, 4) is 0 Å². The first-order chi connectivity index (χ1) is 18.9. The van der Waals surface area contributed by atoms with Gasteiger partial charge in [0.2, 0.25) is 16.0 Å². The molecule has 2 aromatic heterocycles. The highest BCUT2D eigenvalue weighted by Crippen LogP contribution is 2.36. The van der Waals surface area contributed by atoms with Crippen molar-refractivity contribution in [3.63, 3.8) is 0 Å². The second kappa shape index (κ2) is 10.7. The molecule has 4 aromatic rings. The highest BCUT2D eigenvalue weighted by Gasteiger charge is 2.30. The maximum atomic E-state index is 12.4. The fraction of sp³-hybridized carbons (Fsp3) is 0.400. The van der Waals surface area contributed by atoms with Crippen LogP contribution in [0.2, 0.25) is 0 Å². The van der Waals surface area contributed by atoms with Crippen LogP contribution in [-0.2, 0) is 15.6 Å². The monoisotopic (exact) mass is 561 g/mol. The predicted octanol–water partition coefficient (Wildman–Crippen LogP) is 4.88. The second-order valence-electron chi connectivity index (χ2n) is 11.3. The summed E-state index contributed by atoms with van der Waals surface area (Å²) in [6.45, 7) is 6.25. The normalized spacial score (nSPS) is 15.1. The fourth-order valence-corrected chi connectivity index (χ4v) is 6.05. The maximum absolute atomic E-state index is 12.4. The molecule has 1 saturated heterocycles. The molecular formula is C30H39N7O2S. The summed E-state index contributed by atoms with van der Waals surface area (Å²) in [4.78, 5) is 14.2. The largest absolute Gasteiger partial charge is 0.371 e. The SMILES string of the molecule is CN(C)C1CCN(c2ccc(Nc3ncc4ccn(C(C)(C)c5ccccc5N(C)S(C)(=O)=O)c4n3)cc2)CC1. The Hall–Kier alpha value is -3.63. The summed E-state index contributed by atoms with van der Waals surface area (Å²) in [6.07, 6.45) is 7.36. The van der Waals surface area contributed by atoms with Gasteiger partial charge in [-0.05, 0) is 77.2 Å². The van der Waals surface area contributed by atoms with Crippen LogP contribution in [0.1, 0.15) is 32.3 Å². The van der Waals surface area contributed by atoms with Gasteiger partial charge in [0.25, 0.3) is 0 Å². The van der Waals surface area contributed by atoms with E-state index < -0.39 is 15.6 Å². The van der Waals surface area contributed by atoms with Crippen molar-refractivity contribution < 1.29 is 8.42 Å². The Morgan fingerprint density at radius 1 is 0.975 bits per heavy atom. The molecule has 3 heterocycles. The molecule has 40 heavy (non-hydrogen) atoms. The number of nitrogens with zero attached hydrogens (tertiary/aromatic N) is 6. The summed E-state index contributed by atoms with van der Waals surface area (Å²) >= 11 is 0. The minimum atomic E-state index is -3.42. The molecule has 0 spiro atoms. The number of aromatic nitrogens is 3. The van der Waals surface area contributed by atoms with Crippen molar-refractivity contribution >= 4 is 44.1 Å². The third-order valence-corrected chi connectivity index (χ3v) is 9.30. The van der Waals surface area contributed by atoms with E-state index in [-0.39, 0.29) is 0 Å². The molecule has 1 aliphatic heterocycles. The van der Waals surface area contributed by atoms with Gasteiger partial charge in [0.15, 0.2) is 0 Å². The average Bonchev–Trinajstić information content (AvgIpc) is 3.37. The summed E-state index contributed by atoms with van der Waals surface area (Å²) in [5.41, 5.74) is 3.83. The van der Waals surface area contributed by atoms with Gasteiger partial charge in [-0.2, -0.15) is 4.98 Å². The average molecular weight is 562 g/mol. The van der Waals surface area contributed by atoms with E-state index in [1.54, 1.807) is 7.05 Å². The number of rotatable bonds is 8. The predicted molar refractivity (Wildman–Crippen MR) is 164 cm³/mol. The van der Waals surface area contributed by atoms with E-state index in [9.17, 15) is 8.42 Å². The molecule has 0 atom stereocenters. The lowest BCUT2D eigenvalue weighted by Crippen LogP contribution is -2.41. The van der Waals surface area contributed by atoms with E-state index in [1.807, 2.05) is 42.7 Å². The number of anilines is 4. The molecule has 10 heteroatoms. The van der Waals surface area contributed by atoms with Crippen molar-refractivity contribution in [1.82, 2.24) is 19.4 Å². The van der Waals surface area contributed by atoms with Gasteiger partial charge < -0.3 is 19.7 Å². The van der Waals surface area contributed by atoms with Gasteiger partial charge in [-0.25, -0.2) is 13.4 Å². The molecule has 0 amide bonds. The van der Waals surface area contributed by atoms with Crippen LogP contribution in [0, 0.1) is 0 Å². The zero-order valence-corrected chi connectivity index (χ0v) is 25.0. The van der Waals surface area contributed by atoms with Crippen molar-refractivity contribution in [2.45, 2.75) is 38.3 Å². The molecular weight excluding hydrogens is 522 g/mol. The van der Waals surface area contributed by atoms with Gasteiger partial charge >= 0.3 is 0 Å². The van der Waals surface area contributed by atoms with E-state index in [0.717, 1.165) is 35.4 Å². The summed E-state index contributed by atoms with van der Waals surface area (Å²) in [5.74, 6) is 0.504. The molecule has 0 saturated carbocycles. The first kappa shape index (κ1) is 27.9. The second-order valence-corrected chi connectivity index (χ2v) is 13.3. The Balaban J connectivity index is 1.39. The van der Waals surface area contributed by atoms with Crippen LogP contribution >= 0.6 is 0 Å². The highest BCUT2D eigenvalue weighted by molar-refractivity contribution is 7.92. The van der Waals surface area contributed by atoms with E-state index in [4.69, 9.17) is 4.98 Å². The van der Waals surface area contributed by atoms with Gasteiger partial charge in [0.1, 0.15) is 5.65 Å². The Bertz CT molecular complexity index is 1590. The van der Waals surface area contributed by atoms with Crippen molar-refractivity contribution in [2.75, 3.05) is 55.0 Å². The number of benzene rings is 2. The van der Waals surface area contributed by atoms with Crippen LogP contribution in [0.5, 0.6) is 0 Å². The first-order valence-corrected chi connectivity index (χ1v) is 15.5. The molecule has 0 aliphatic carbocycles. The number of para-hydroxylation sites is 1. The molecule has 0 unspecified atom stereocenters. The van der Waals surface area contributed by atoms with Gasteiger partial charge in [0.05, 0.1) is 17.5 Å². The molecule has 0 radical (unpaired) electrons. The molecule has 1 aliphatic rings. The smallest absolute Gasteiger partial charge is 0.232 e. The number of sulfonamides is 1. The van der Waals surface area contributed by atoms with Crippen LogP contribution in [0.4, 0.5) is 23.0 Å². The zero-order valence-electron chi connectivity index (χ0n) is 24.2. The molecule has 5 rings (SSSR count). The maximum Gasteiger partial charge on any atom is 0.232 e. The lowest BCUT2D eigenvalue weighted by molar-refractivity contribution is 0.249. The number of piperidine rings is 1. The Morgan fingerprint density at radius 2 is 1.65 bits per heavy atom. The molecule has 0 bridgehead atoms. The van der Waals surface area contributed by atoms with Gasteiger partial charge in [-0.3, -0.25) is 4.31 Å². The molecule has 2 aromatic carbocycles. The first-order valence-electron chi connectivity index (χ1n) is 13.6. The number of hydrogen-bond donors (Lipinski definition) is 1. The van der Waals surface area contributed by atoms with E-state index in [2.05, 4.69) is 76.9 Å². The summed E-state index contributed by atoms with van der Waals surface area (Å²) < 4.78 is 28.1. The molecule has 1 N–H and O–H groups in total. The Labute approximate surface area is 237 Å². The zero-order chi connectivity index (χ0) is 28.7. The highest BCUT2D eigenvalue weighted by atomic mass is 32.2. The van der Waals surface area contributed by atoms with E-state index in [0.29, 0.717) is 17.7 Å². The van der Waals surface area contributed by atoms with E-state index >= 15 is 0 Å². The summed E-state index contributed by atoms with van der Waals surface area (Å²) in [5, 5.41) is 4.26. The van der Waals surface area contributed by atoms with Crippen molar-refractivity contribution in [1.29, 1.82) is 0 Å². The number of nitrogens with one attached hydrogen (secondary N) is 1. The molecule has 1 fully saturated rings. The van der Waals surface area contributed by atoms with Crippen molar-refractivity contribution in [2.24, 2.45) is 0 Å². The lowest BCUT2D eigenvalue weighted by Gasteiger charge is -2.36. The topological polar surface area (TPSA) is 86.6 Å². The van der Waals surface area contributed by atoms with Crippen molar-refractivity contribution in [3.05, 3.63) is 72.6 Å². The molecule has 9 nitrogen and oxygen atoms in total. The minimum Gasteiger partial charge on any atom is -0.371 e. The minimum absolute atomic E-state index is 0.504. The van der Waals surface area contributed by atoms with Gasteiger partial charge in [0, 0.05) is 60.9 Å².